The maximum atomic E-state index is 2.41. The molecule has 0 aromatic heterocycles. The molecule has 0 heterocycles. The lowest BCUT2D eigenvalue weighted by molar-refractivity contribution is 0.419. The summed E-state index contributed by atoms with van der Waals surface area (Å²) in [6, 6.07) is 0. The fourth-order valence-corrected chi connectivity index (χ4v) is 2.58. The van der Waals surface area contributed by atoms with Gasteiger partial charge in [-0.15, -0.1) is 0 Å². The van der Waals surface area contributed by atoms with Crippen molar-refractivity contribution in [3.05, 3.63) is 23.9 Å². The van der Waals surface area contributed by atoms with Crippen molar-refractivity contribution in [1.82, 2.24) is 0 Å². The average Bonchev–Trinajstić information content (AvgIpc) is 2.13. The molecule has 1 rings (SSSR count). The number of rotatable bonds is 3. The Morgan fingerprint density at radius 3 is 2.14 bits per heavy atom. The van der Waals surface area contributed by atoms with Gasteiger partial charge in [0.15, 0.2) is 0 Å². The second-order valence-electron chi connectivity index (χ2n) is 5.51. The molecule has 0 spiro atoms. The second-order valence-corrected chi connectivity index (χ2v) is 10.6. The Morgan fingerprint density at radius 1 is 0.929 bits per heavy atom. The first-order chi connectivity index (χ1) is 6.58. The van der Waals surface area contributed by atoms with Gasteiger partial charge in [-0.1, -0.05) is 62.8 Å². The smallest absolute Gasteiger partial charge is 0.0686 e. The summed E-state index contributed by atoms with van der Waals surface area (Å²) in [6.07, 6.45) is 14.1. The van der Waals surface area contributed by atoms with Gasteiger partial charge in [-0.2, -0.15) is 0 Å². The minimum atomic E-state index is -0.976. The predicted octanol–water partition coefficient (Wildman–Crippen LogP) is 4.56. The Bertz CT molecular complexity index is 202. The first-order valence-corrected chi connectivity index (χ1v) is 9.52. The molecule has 0 aromatic rings. The maximum Gasteiger partial charge on any atom is 0.0686 e. The van der Waals surface area contributed by atoms with Gasteiger partial charge in [0.05, 0.1) is 8.07 Å². The van der Waals surface area contributed by atoms with Crippen molar-refractivity contribution in [3.8, 4) is 0 Å². The van der Waals surface area contributed by atoms with Crippen molar-refractivity contribution in [2.24, 2.45) is 5.92 Å². The molecular weight excluding hydrogens is 184 g/mol. The summed E-state index contributed by atoms with van der Waals surface area (Å²) >= 11 is 0. The highest BCUT2D eigenvalue weighted by molar-refractivity contribution is 6.80. The lowest BCUT2D eigenvalue weighted by atomic mass is 9.89. The molecule has 1 saturated carbocycles. The monoisotopic (exact) mass is 208 g/mol. The first kappa shape index (κ1) is 11.8. The molecule has 0 amide bonds. The maximum absolute atomic E-state index is 2.41. The van der Waals surface area contributed by atoms with Crippen LogP contribution in [0.15, 0.2) is 23.9 Å². The van der Waals surface area contributed by atoms with Gasteiger partial charge >= 0.3 is 0 Å². The van der Waals surface area contributed by atoms with Gasteiger partial charge < -0.3 is 0 Å². The van der Waals surface area contributed by atoms with Crippen LogP contribution < -0.4 is 0 Å². The molecular formula is C13H24Si. The Balaban J connectivity index is 2.28. The minimum absolute atomic E-state index is 0.870. The Kier molecular flexibility index (Phi) is 4.66. The van der Waals surface area contributed by atoms with Gasteiger partial charge in [-0.3, -0.25) is 0 Å². The van der Waals surface area contributed by atoms with E-state index in [1.54, 1.807) is 0 Å². The topological polar surface area (TPSA) is 0 Å². The molecule has 0 atom stereocenters. The van der Waals surface area contributed by atoms with Crippen LogP contribution in [0, 0.1) is 5.92 Å². The summed E-state index contributed by atoms with van der Waals surface area (Å²) in [6.45, 7) is 7.12. The van der Waals surface area contributed by atoms with Gasteiger partial charge in [0.1, 0.15) is 0 Å². The van der Waals surface area contributed by atoms with Gasteiger partial charge in [0.2, 0.25) is 0 Å². The lowest BCUT2D eigenvalue weighted by Crippen LogP contribution is -2.15. The highest BCUT2D eigenvalue weighted by Crippen LogP contribution is 2.24. The minimum Gasteiger partial charge on any atom is -0.0950 e. The van der Waals surface area contributed by atoms with Crippen LogP contribution in [-0.4, -0.2) is 8.07 Å². The van der Waals surface area contributed by atoms with Crippen molar-refractivity contribution >= 4 is 8.07 Å². The van der Waals surface area contributed by atoms with Crippen molar-refractivity contribution in [1.29, 1.82) is 0 Å². The molecule has 1 aliphatic rings. The van der Waals surface area contributed by atoms with E-state index < -0.39 is 8.07 Å². The summed E-state index contributed by atoms with van der Waals surface area (Å²) < 4.78 is 0. The molecule has 0 saturated heterocycles. The molecule has 1 aliphatic carbocycles. The van der Waals surface area contributed by atoms with Gasteiger partial charge in [0.25, 0.3) is 0 Å². The van der Waals surface area contributed by atoms with E-state index in [9.17, 15) is 0 Å². The molecule has 0 bridgehead atoms. The third-order valence-electron chi connectivity index (χ3n) is 2.74. The van der Waals surface area contributed by atoms with Crippen LogP contribution in [0.4, 0.5) is 0 Å². The highest BCUT2D eigenvalue weighted by atomic mass is 28.3. The van der Waals surface area contributed by atoms with Crippen LogP contribution in [0.25, 0.3) is 0 Å². The Hall–Kier alpha value is -0.303. The third kappa shape index (κ3) is 5.43. The highest BCUT2D eigenvalue weighted by Gasteiger charge is 2.09. The van der Waals surface area contributed by atoms with Crippen molar-refractivity contribution in [2.75, 3.05) is 0 Å². The zero-order chi connectivity index (χ0) is 10.4. The Morgan fingerprint density at radius 2 is 1.57 bits per heavy atom. The standard InChI is InChI=1S/C13H24Si/c1-14(2,3)12-8-7-11-13-9-5-4-6-10-13/h7-8,11-13H,4-6,9-10H2,1-3H3/b11-7+,12-8+. The third-order valence-corrected chi connectivity index (χ3v) is 3.93. The number of hydrogen-bond donors (Lipinski definition) is 0. The van der Waals surface area contributed by atoms with Crippen LogP contribution >= 0.6 is 0 Å². The van der Waals surface area contributed by atoms with Crippen LogP contribution in [0.1, 0.15) is 32.1 Å². The van der Waals surface area contributed by atoms with Crippen LogP contribution in [0.3, 0.4) is 0 Å². The van der Waals surface area contributed by atoms with Crippen LogP contribution in [0.2, 0.25) is 19.6 Å². The molecule has 80 valence electrons. The van der Waals surface area contributed by atoms with Crippen LogP contribution in [-0.2, 0) is 0 Å². The van der Waals surface area contributed by atoms with E-state index in [1.807, 2.05) is 0 Å². The van der Waals surface area contributed by atoms with Crippen LogP contribution in [0.5, 0.6) is 0 Å². The quantitative estimate of drug-likeness (QED) is 0.471. The zero-order valence-corrected chi connectivity index (χ0v) is 10.9. The molecule has 0 aromatic carbocycles. The van der Waals surface area contributed by atoms with E-state index in [0.717, 1.165) is 5.92 Å². The summed E-state index contributed by atoms with van der Waals surface area (Å²) in [7, 11) is -0.976. The summed E-state index contributed by atoms with van der Waals surface area (Å²) in [5.74, 6) is 0.870. The van der Waals surface area contributed by atoms with E-state index in [4.69, 9.17) is 0 Å². The molecule has 0 N–H and O–H groups in total. The van der Waals surface area contributed by atoms with Crippen molar-refractivity contribution in [3.63, 3.8) is 0 Å². The first-order valence-electron chi connectivity index (χ1n) is 5.94. The van der Waals surface area contributed by atoms with Crippen molar-refractivity contribution < 1.29 is 0 Å². The molecule has 0 unspecified atom stereocenters. The van der Waals surface area contributed by atoms with E-state index in [1.165, 1.54) is 32.1 Å². The van der Waals surface area contributed by atoms with E-state index in [0.29, 0.717) is 0 Å². The summed E-state index contributed by atoms with van der Waals surface area (Å²) in [5.41, 5.74) is 2.41. The van der Waals surface area contributed by atoms with Gasteiger partial charge in [-0.05, 0) is 18.8 Å². The normalized spacial score (nSPS) is 21.1. The average molecular weight is 208 g/mol. The molecule has 0 aliphatic heterocycles. The predicted molar refractivity (Wildman–Crippen MR) is 68.2 cm³/mol. The summed E-state index contributed by atoms with van der Waals surface area (Å²) in [5, 5.41) is 0. The van der Waals surface area contributed by atoms with Gasteiger partial charge in [0, 0.05) is 0 Å². The van der Waals surface area contributed by atoms with Gasteiger partial charge in [-0.25, -0.2) is 0 Å². The van der Waals surface area contributed by atoms with E-state index in [-0.39, 0.29) is 0 Å². The Labute approximate surface area is 90.1 Å². The fraction of sp³-hybridized carbons (Fsp3) is 0.692. The molecule has 0 nitrogen and oxygen atoms in total. The molecule has 1 fully saturated rings. The summed E-state index contributed by atoms with van der Waals surface area (Å²) in [4.78, 5) is 0. The molecule has 1 heteroatoms. The number of hydrogen-bond acceptors (Lipinski definition) is 0. The fourth-order valence-electron chi connectivity index (χ4n) is 1.89. The van der Waals surface area contributed by atoms with E-state index >= 15 is 0 Å². The van der Waals surface area contributed by atoms with E-state index in [2.05, 4.69) is 43.6 Å². The zero-order valence-electron chi connectivity index (χ0n) is 9.92. The number of allylic oxidation sites excluding steroid dienone is 3. The lowest BCUT2D eigenvalue weighted by Gasteiger charge is -2.17. The molecule has 0 radical (unpaired) electrons. The van der Waals surface area contributed by atoms with Crippen molar-refractivity contribution in [2.45, 2.75) is 51.7 Å². The SMILES string of the molecule is C[Si](C)(C)/C=C/C=C/C1CCCCC1. The molecule has 14 heavy (non-hydrogen) atoms. The second kappa shape index (κ2) is 5.55. The largest absolute Gasteiger partial charge is 0.0950 e.